The molecule has 0 fully saturated rings. The van der Waals surface area contributed by atoms with E-state index in [0.717, 1.165) is 4.88 Å². The van der Waals surface area contributed by atoms with Crippen LogP contribution in [0.4, 0.5) is 8.78 Å². The Morgan fingerprint density at radius 3 is 2.36 bits per heavy atom. The highest BCUT2D eigenvalue weighted by molar-refractivity contribution is 7.14. The fourth-order valence-electron chi connectivity index (χ4n) is 1.17. The Morgan fingerprint density at radius 2 is 1.86 bits per heavy atom. The lowest BCUT2D eigenvalue weighted by Crippen LogP contribution is -1.87. The molecule has 1 heterocycles. The number of thiazole rings is 1. The highest BCUT2D eigenvalue weighted by Crippen LogP contribution is 2.29. The Bertz CT molecular complexity index is 445. The Labute approximate surface area is 84.0 Å². The second kappa shape index (κ2) is 3.46. The zero-order chi connectivity index (χ0) is 10.1. The number of hydrogen-bond donors (Lipinski definition) is 0. The van der Waals surface area contributed by atoms with Crippen molar-refractivity contribution in [1.29, 1.82) is 0 Å². The Kier molecular flexibility index (Phi) is 2.29. The predicted molar refractivity (Wildman–Crippen MR) is 52.2 cm³/mol. The van der Waals surface area contributed by atoms with Crippen molar-refractivity contribution < 1.29 is 8.78 Å². The second-order valence-corrected chi connectivity index (χ2v) is 4.11. The molecule has 72 valence electrons. The fraction of sp³-hybridized carbons (Fsp3) is 0.100. The molecule has 2 aromatic rings. The molecular weight excluding hydrogens is 204 g/mol. The van der Waals surface area contributed by atoms with Crippen LogP contribution in [0.3, 0.4) is 0 Å². The summed E-state index contributed by atoms with van der Waals surface area (Å²) in [4.78, 5) is 4.88. The lowest BCUT2D eigenvalue weighted by Gasteiger charge is -1.99. The van der Waals surface area contributed by atoms with Gasteiger partial charge in [0.25, 0.3) is 0 Å². The zero-order valence-electron chi connectivity index (χ0n) is 7.42. The van der Waals surface area contributed by atoms with Gasteiger partial charge in [-0.1, -0.05) is 6.07 Å². The Balaban J connectivity index is 2.61. The molecule has 0 aliphatic rings. The first-order valence-corrected chi connectivity index (χ1v) is 4.87. The van der Waals surface area contributed by atoms with E-state index in [1.165, 1.54) is 29.5 Å². The van der Waals surface area contributed by atoms with E-state index in [4.69, 9.17) is 0 Å². The Morgan fingerprint density at radius 1 is 1.21 bits per heavy atom. The summed E-state index contributed by atoms with van der Waals surface area (Å²) in [7, 11) is 0. The first kappa shape index (κ1) is 9.27. The molecule has 0 bridgehead atoms. The van der Waals surface area contributed by atoms with Gasteiger partial charge in [-0.05, 0) is 19.1 Å². The molecule has 0 aliphatic heterocycles. The van der Waals surface area contributed by atoms with E-state index >= 15 is 0 Å². The number of rotatable bonds is 1. The summed E-state index contributed by atoms with van der Waals surface area (Å²) in [6.45, 7) is 1.85. The highest BCUT2D eigenvalue weighted by atomic mass is 32.1. The summed E-state index contributed by atoms with van der Waals surface area (Å²) < 4.78 is 26.5. The van der Waals surface area contributed by atoms with Crippen LogP contribution in [0.1, 0.15) is 4.88 Å². The predicted octanol–water partition coefficient (Wildman–Crippen LogP) is 3.40. The second-order valence-electron chi connectivity index (χ2n) is 2.87. The molecule has 0 amide bonds. The molecule has 0 aliphatic carbocycles. The molecule has 2 rings (SSSR count). The van der Waals surface area contributed by atoms with Crippen LogP contribution in [-0.4, -0.2) is 4.98 Å². The first-order chi connectivity index (χ1) is 6.68. The van der Waals surface area contributed by atoms with Crippen molar-refractivity contribution in [2.24, 2.45) is 0 Å². The van der Waals surface area contributed by atoms with Gasteiger partial charge in [0, 0.05) is 11.1 Å². The van der Waals surface area contributed by atoms with E-state index in [2.05, 4.69) is 4.98 Å². The molecule has 0 radical (unpaired) electrons. The normalized spacial score (nSPS) is 10.5. The maximum atomic E-state index is 13.3. The van der Waals surface area contributed by atoms with Crippen LogP contribution in [0.25, 0.3) is 10.6 Å². The van der Waals surface area contributed by atoms with Gasteiger partial charge in [0.2, 0.25) is 0 Å². The quantitative estimate of drug-likeness (QED) is 0.704. The smallest absolute Gasteiger partial charge is 0.136 e. The summed E-state index contributed by atoms with van der Waals surface area (Å²) in [6.07, 6.45) is 1.60. The molecule has 4 heteroatoms. The van der Waals surface area contributed by atoms with Gasteiger partial charge in [-0.2, -0.15) is 0 Å². The van der Waals surface area contributed by atoms with Crippen molar-refractivity contribution in [2.75, 3.05) is 0 Å². The maximum Gasteiger partial charge on any atom is 0.136 e. The van der Waals surface area contributed by atoms with Crippen LogP contribution < -0.4 is 0 Å². The van der Waals surface area contributed by atoms with Gasteiger partial charge < -0.3 is 0 Å². The molecular formula is C10H7F2NS. The van der Waals surface area contributed by atoms with E-state index in [1.54, 1.807) is 6.20 Å². The van der Waals surface area contributed by atoms with E-state index in [9.17, 15) is 8.78 Å². The van der Waals surface area contributed by atoms with Gasteiger partial charge in [0.15, 0.2) is 0 Å². The summed E-state index contributed by atoms with van der Waals surface area (Å²) in [5.41, 5.74) is -0.0365. The average molecular weight is 211 g/mol. The lowest BCUT2D eigenvalue weighted by atomic mass is 10.2. The van der Waals surface area contributed by atoms with E-state index in [0.29, 0.717) is 5.01 Å². The third kappa shape index (κ3) is 1.53. The maximum absolute atomic E-state index is 13.3. The van der Waals surface area contributed by atoms with Crippen molar-refractivity contribution in [1.82, 2.24) is 4.98 Å². The SMILES string of the molecule is Cc1cnc(-c2c(F)cccc2F)s1. The van der Waals surface area contributed by atoms with Gasteiger partial charge in [-0.3, -0.25) is 0 Å². The van der Waals surface area contributed by atoms with Crippen molar-refractivity contribution in [3.63, 3.8) is 0 Å². The molecule has 1 aromatic heterocycles. The van der Waals surface area contributed by atoms with E-state index in [-0.39, 0.29) is 5.56 Å². The zero-order valence-corrected chi connectivity index (χ0v) is 8.24. The van der Waals surface area contributed by atoms with Crippen molar-refractivity contribution >= 4 is 11.3 Å². The number of halogens is 2. The standard InChI is InChI=1S/C10H7F2NS/c1-6-5-13-10(14-6)9-7(11)3-2-4-8(9)12/h2-5H,1H3. The monoisotopic (exact) mass is 211 g/mol. The van der Waals surface area contributed by atoms with E-state index < -0.39 is 11.6 Å². The lowest BCUT2D eigenvalue weighted by molar-refractivity contribution is 0.589. The molecule has 0 spiro atoms. The Hall–Kier alpha value is -1.29. The topological polar surface area (TPSA) is 12.9 Å². The third-order valence-electron chi connectivity index (χ3n) is 1.80. The van der Waals surface area contributed by atoms with Crippen LogP contribution in [0.2, 0.25) is 0 Å². The molecule has 0 saturated heterocycles. The number of aromatic nitrogens is 1. The summed E-state index contributed by atoms with van der Waals surface area (Å²) >= 11 is 1.28. The first-order valence-electron chi connectivity index (χ1n) is 4.05. The molecule has 1 nitrogen and oxygen atoms in total. The van der Waals surface area contributed by atoms with Gasteiger partial charge >= 0.3 is 0 Å². The minimum absolute atomic E-state index is 0.0365. The van der Waals surface area contributed by atoms with Gasteiger partial charge in [0.1, 0.15) is 16.6 Å². The molecule has 14 heavy (non-hydrogen) atoms. The van der Waals surface area contributed by atoms with Gasteiger partial charge in [-0.15, -0.1) is 11.3 Å². The minimum atomic E-state index is -0.570. The van der Waals surface area contributed by atoms with Crippen LogP contribution in [0.5, 0.6) is 0 Å². The molecule has 0 N–H and O–H groups in total. The van der Waals surface area contributed by atoms with Gasteiger partial charge in [-0.25, -0.2) is 13.8 Å². The summed E-state index contributed by atoms with van der Waals surface area (Å²) in [5.74, 6) is -1.14. The van der Waals surface area contributed by atoms with Crippen molar-refractivity contribution in [2.45, 2.75) is 6.92 Å². The number of benzene rings is 1. The van der Waals surface area contributed by atoms with Crippen molar-refractivity contribution in [3.05, 3.63) is 40.9 Å². The van der Waals surface area contributed by atoms with Crippen LogP contribution in [0.15, 0.2) is 24.4 Å². The minimum Gasteiger partial charge on any atom is -0.244 e. The largest absolute Gasteiger partial charge is 0.244 e. The summed E-state index contributed by atoms with van der Waals surface area (Å²) in [6, 6.07) is 3.80. The van der Waals surface area contributed by atoms with Crippen LogP contribution in [-0.2, 0) is 0 Å². The fourth-order valence-corrected chi connectivity index (χ4v) is 1.99. The van der Waals surface area contributed by atoms with Crippen LogP contribution >= 0.6 is 11.3 Å². The van der Waals surface area contributed by atoms with Gasteiger partial charge in [0.05, 0.1) is 5.56 Å². The molecule has 1 aromatic carbocycles. The highest BCUT2D eigenvalue weighted by Gasteiger charge is 2.13. The number of hydrogen-bond acceptors (Lipinski definition) is 2. The summed E-state index contributed by atoms with van der Waals surface area (Å²) in [5, 5.41) is 0.387. The molecule has 0 unspecified atom stereocenters. The molecule has 0 atom stereocenters. The van der Waals surface area contributed by atoms with E-state index in [1.807, 2.05) is 6.92 Å². The number of aryl methyl sites for hydroxylation is 1. The third-order valence-corrected chi connectivity index (χ3v) is 2.73. The average Bonchev–Trinajstić information content (AvgIpc) is 2.51. The van der Waals surface area contributed by atoms with Crippen molar-refractivity contribution in [3.8, 4) is 10.6 Å². The number of nitrogens with zero attached hydrogens (tertiary/aromatic N) is 1. The molecule has 0 saturated carbocycles. The van der Waals surface area contributed by atoms with Crippen LogP contribution in [0, 0.1) is 18.6 Å².